The average molecular weight is 193 g/mol. The van der Waals surface area contributed by atoms with Crippen molar-refractivity contribution in [3.05, 3.63) is 21.9 Å². The van der Waals surface area contributed by atoms with E-state index in [4.69, 9.17) is 0 Å². The minimum Gasteiger partial charge on any atom is -0.308 e. The quantitative estimate of drug-likeness (QED) is 0.723. The summed E-state index contributed by atoms with van der Waals surface area (Å²) < 4.78 is 0. The first-order valence-corrected chi connectivity index (χ1v) is 5.97. The molecule has 2 heterocycles. The summed E-state index contributed by atoms with van der Waals surface area (Å²) in [6.45, 7) is 3.59. The molecule has 1 unspecified atom stereocenters. The van der Waals surface area contributed by atoms with E-state index in [0.717, 1.165) is 0 Å². The lowest BCUT2D eigenvalue weighted by Gasteiger charge is -2.29. The Hall–Kier alpha value is -0.340. The molecule has 0 aromatic carbocycles. The average Bonchev–Trinajstić information content (AvgIpc) is 2.72. The fourth-order valence-corrected chi connectivity index (χ4v) is 3.50. The number of thiophene rings is 1. The molecule has 0 bridgehead atoms. The summed E-state index contributed by atoms with van der Waals surface area (Å²) in [4.78, 5) is 1.62. The van der Waals surface area contributed by atoms with Crippen LogP contribution >= 0.6 is 11.3 Å². The zero-order valence-electron chi connectivity index (χ0n) is 7.97. The molecule has 2 heteroatoms. The predicted octanol–water partition coefficient (Wildman–Crippen LogP) is 2.74. The Morgan fingerprint density at radius 2 is 2.38 bits per heavy atom. The lowest BCUT2D eigenvalue weighted by Crippen LogP contribution is -2.33. The predicted molar refractivity (Wildman–Crippen MR) is 56.1 cm³/mol. The van der Waals surface area contributed by atoms with Crippen LogP contribution in [0.2, 0.25) is 0 Å². The van der Waals surface area contributed by atoms with E-state index in [1.165, 1.54) is 25.8 Å². The zero-order chi connectivity index (χ0) is 8.89. The monoisotopic (exact) mass is 193 g/mol. The summed E-state index contributed by atoms with van der Waals surface area (Å²) in [5.41, 5.74) is 2.18. The molecular formula is C11H15NS. The first-order chi connectivity index (χ1) is 6.30. The molecular weight excluding hydrogens is 178 g/mol. The van der Waals surface area contributed by atoms with Crippen LogP contribution in [-0.4, -0.2) is 6.54 Å². The van der Waals surface area contributed by atoms with Crippen molar-refractivity contribution in [2.75, 3.05) is 6.54 Å². The molecule has 0 saturated heterocycles. The number of rotatable bonds is 1. The molecule has 0 spiro atoms. The Bertz CT molecular complexity index is 325. The van der Waals surface area contributed by atoms with Gasteiger partial charge in [-0.3, -0.25) is 0 Å². The van der Waals surface area contributed by atoms with E-state index in [9.17, 15) is 0 Å². The molecule has 70 valence electrons. The smallest absolute Gasteiger partial charge is 0.0472 e. The van der Waals surface area contributed by atoms with Crippen LogP contribution in [0.1, 0.15) is 36.2 Å². The van der Waals surface area contributed by atoms with Gasteiger partial charge in [0.2, 0.25) is 0 Å². The van der Waals surface area contributed by atoms with Crippen molar-refractivity contribution >= 4 is 11.3 Å². The lowest BCUT2D eigenvalue weighted by molar-refractivity contribution is 0.358. The maximum absolute atomic E-state index is 3.67. The highest BCUT2D eigenvalue weighted by molar-refractivity contribution is 7.10. The van der Waals surface area contributed by atoms with Gasteiger partial charge in [-0.15, -0.1) is 11.3 Å². The van der Waals surface area contributed by atoms with Crippen molar-refractivity contribution in [3.63, 3.8) is 0 Å². The van der Waals surface area contributed by atoms with Crippen LogP contribution < -0.4 is 5.32 Å². The van der Waals surface area contributed by atoms with Gasteiger partial charge in [0.15, 0.2) is 0 Å². The highest BCUT2D eigenvalue weighted by atomic mass is 32.1. The van der Waals surface area contributed by atoms with Gasteiger partial charge in [0.1, 0.15) is 0 Å². The van der Waals surface area contributed by atoms with Gasteiger partial charge >= 0.3 is 0 Å². The van der Waals surface area contributed by atoms with E-state index in [0.29, 0.717) is 11.5 Å². The van der Waals surface area contributed by atoms with Crippen LogP contribution in [0.5, 0.6) is 0 Å². The Balaban J connectivity index is 2.00. The SMILES string of the molecule is CC1(C2NCCc3ccsc32)CC1. The van der Waals surface area contributed by atoms with Crippen LogP contribution in [0.3, 0.4) is 0 Å². The normalized spacial score (nSPS) is 29.8. The molecule has 1 aliphatic heterocycles. The summed E-state index contributed by atoms with van der Waals surface area (Å²) in [5.74, 6) is 0. The topological polar surface area (TPSA) is 12.0 Å². The van der Waals surface area contributed by atoms with E-state index >= 15 is 0 Å². The minimum atomic E-state index is 0.583. The minimum absolute atomic E-state index is 0.583. The highest BCUT2D eigenvalue weighted by Gasteiger charge is 2.47. The van der Waals surface area contributed by atoms with E-state index in [2.05, 4.69) is 23.7 Å². The maximum Gasteiger partial charge on any atom is 0.0472 e. The fourth-order valence-electron chi connectivity index (χ4n) is 2.30. The number of nitrogens with one attached hydrogen (secondary N) is 1. The van der Waals surface area contributed by atoms with Crippen LogP contribution in [0.4, 0.5) is 0 Å². The third-order valence-corrected chi connectivity index (χ3v) is 4.55. The third kappa shape index (κ3) is 1.16. The Morgan fingerprint density at radius 1 is 1.54 bits per heavy atom. The molecule has 0 amide bonds. The number of hydrogen-bond donors (Lipinski definition) is 1. The first-order valence-electron chi connectivity index (χ1n) is 5.09. The van der Waals surface area contributed by atoms with Gasteiger partial charge in [-0.1, -0.05) is 6.92 Å². The number of hydrogen-bond acceptors (Lipinski definition) is 2. The molecule has 1 aromatic rings. The van der Waals surface area contributed by atoms with Crippen molar-refractivity contribution in [2.45, 2.75) is 32.2 Å². The summed E-state index contributed by atoms with van der Waals surface area (Å²) >= 11 is 1.94. The summed E-state index contributed by atoms with van der Waals surface area (Å²) in [6.07, 6.45) is 4.04. The van der Waals surface area contributed by atoms with Crippen LogP contribution in [-0.2, 0) is 6.42 Å². The van der Waals surface area contributed by atoms with Gasteiger partial charge in [0.05, 0.1) is 0 Å². The van der Waals surface area contributed by atoms with Crippen LogP contribution in [0.25, 0.3) is 0 Å². The molecule has 1 atom stereocenters. The van der Waals surface area contributed by atoms with Gasteiger partial charge in [-0.2, -0.15) is 0 Å². The van der Waals surface area contributed by atoms with Crippen molar-refractivity contribution in [2.24, 2.45) is 5.41 Å². The second kappa shape index (κ2) is 2.58. The number of fused-ring (bicyclic) bond motifs is 1. The molecule has 3 rings (SSSR count). The maximum atomic E-state index is 3.67. The van der Waals surface area contributed by atoms with Crippen LogP contribution in [0, 0.1) is 5.41 Å². The molecule has 1 aromatic heterocycles. The molecule has 0 radical (unpaired) electrons. The van der Waals surface area contributed by atoms with Crippen molar-refractivity contribution in [3.8, 4) is 0 Å². The van der Waals surface area contributed by atoms with E-state index in [1.807, 2.05) is 11.3 Å². The Kier molecular flexibility index (Phi) is 1.59. The Labute approximate surface area is 83.2 Å². The fraction of sp³-hybridized carbons (Fsp3) is 0.636. The van der Waals surface area contributed by atoms with Gasteiger partial charge in [0.25, 0.3) is 0 Å². The molecule has 13 heavy (non-hydrogen) atoms. The van der Waals surface area contributed by atoms with Crippen molar-refractivity contribution < 1.29 is 0 Å². The van der Waals surface area contributed by atoms with Crippen molar-refractivity contribution in [1.82, 2.24) is 5.32 Å². The largest absolute Gasteiger partial charge is 0.308 e. The molecule has 1 nitrogen and oxygen atoms in total. The first kappa shape index (κ1) is 8.01. The van der Waals surface area contributed by atoms with E-state index < -0.39 is 0 Å². The molecule has 1 N–H and O–H groups in total. The van der Waals surface area contributed by atoms with Crippen LogP contribution in [0.15, 0.2) is 11.4 Å². The molecule has 2 aliphatic rings. The second-order valence-electron chi connectivity index (χ2n) is 4.60. The van der Waals surface area contributed by atoms with Crippen molar-refractivity contribution in [1.29, 1.82) is 0 Å². The summed E-state index contributed by atoms with van der Waals surface area (Å²) in [5, 5.41) is 5.92. The van der Waals surface area contributed by atoms with Gasteiger partial charge in [0, 0.05) is 10.9 Å². The summed E-state index contributed by atoms with van der Waals surface area (Å²) in [6, 6.07) is 2.97. The summed E-state index contributed by atoms with van der Waals surface area (Å²) in [7, 11) is 0. The lowest BCUT2D eigenvalue weighted by atomic mass is 9.92. The van der Waals surface area contributed by atoms with Gasteiger partial charge in [-0.05, 0) is 48.2 Å². The zero-order valence-corrected chi connectivity index (χ0v) is 8.79. The Morgan fingerprint density at radius 3 is 3.15 bits per heavy atom. The van der Waals surface area contributed by atoms with Gasteiger partial charge < -0.3 is 5.32 Å². The molecule has 1 saturated carbocycles. The highest BCUT2D eigenvalue weighted by Crippen LogP contribution is 2.56. The third-order valence-electron chi connectivity index (χ3n) is 3.52. The molecule has 1 fully saturated rings. The van der Waals surface area contributed by atoms with E-state index in [1.54, 1.807) is 10.4 Å². The standard InChI is InChI=1S/C11H15NS/c1-11(4-5-11)10-9-8(2-6-12-10)3-7-13-9/h3,7,10,12H,2,4-6H2,1H3. The van der Waals surface area contributed by atoms with Gasteiger partial charge in [-0.25, -0.2) is 0 Å². The second-order valence-corrected chi connectivity index (χ2v) is 5.55. The molecule has 1 aliphatic carbocycles. The van der Waals surface area contributed by atoms with E-state index in [-0.39, 0.29) is 0 Å².